The zero-order valence-electron chi connectivity index (χ0n) is 9.60. The summed E-state index contributed by atoms with van der Waals surface area (Å²) in [7, 11) is 0. The molecule has 0 aliphatic carbocycles. The minimum Gasteiger partial charge on any atom is -0.294 e. The van der Waals surface area contributed by atoms with E-state index in [9.17, 15) is 4.79 Å². The molecule has 1 aliphatic heterocycles. The van der Waals surface area contributed by atoms with E-state index in [2.05, 4.69) is 12.1 Å². The van der Waals surface area contributed by atoms with Gasteiger partial charge in [0.05, 0.1) is 0 Å². The van der Waals surface area contributed by atoms with Crippen LogP contribution >= 0.6 is 23.4 Å². The number of hydrogen-bond donors (Lipinski definition) is 0. The molecule has 0 radical (unpaired) electrons. The zero-order valence-corrected chi connectivity index (χ0v) is 11.2. The third-order valence-corrected chi connectivity index (χ3v) is 4.62. The lowest BCUT2D eigenvalue weighted by Gasteiger charge is -2.23. The van der Waals surface area contributed by atoms with Crippen LogP contribution in [0, 0.1) is 0 Å². The van der Waals surface area contributed by atoms with Gasteiger partial charge in [-0.15, -0.1) is 11.8 Å². The lowest BCUT2D eigenvalue weighted by molar-refractivity contribution is 0.0976. The van der Waals surface area contributed by atoms with E-state index in [1.165, 1.54) is 5.56 Å². The highest BCUT2D eigenvalue weighted by Gasteiger charge is 2.26. The topological polar surface area (TPSA) is 17.1 Å². The van der Waals surface area contributed by atoms with Crippen molar-refractivity contribution in [2.24, 2.45) is 0 Å². The second kappa shape index (κ2) is 4.79. The number of hydrogen-bond acceptors (Lipinski definition) is 2. The summed E-state index contributed by atoms with van der Waals surface area (Å²) in [5, 5.41) is 0.841. The molecule has 0 aromatic heterocycles. The Morgan fingerprint density at radius 2 is 1.89 bits per heavy atom. The highest BCUT2D eigenvalue weighted by molar-refractivity contribution is 7.99. The predicted octanol–water partition coefficient (Wildman–Crippen LogP) is 4.76. The monoisotopic (exact) mass is 274 g/mol. The molecule has 1 heterocycles. The van der Waals surface area contributed by atoms with Crippen LogP contribution in [0.4, 0.5) is 0 Å². The maximum absolute atomic E-state index is 12.1. The lowest BCUT2D eigenvalue weighted by Crippen LogP contribution is -2.12. The van der Waals surface area contributed by atoms with E-state index in [1.54, 1.807) is 17.8 Å². The zero-order chi connectivity index (χ0) is 12.5. The van der Waals surface area contributed by atoms with Crippen molar-refractivity contribution in [2.75, 3.05) is 0 Å². The highest BCUT2D eigenvalue weighted by Crippen LogP contribution is 2.44. The third kappa shape index (κ3) is 2.18. The molecule has 0 saturated carbocycles. The van der Waals surface area contributed by atoms with Gasteiger partial charge in [-0.3, -0.25) is 4.79 Å². The van der Waals surface area contributed by atoms with Crippen LogP contribution < -0.4 is 0 Å². The van der Waals surface area contributed by atoms with Crippen molar-refractivity contribution in [3.8, 4) is 0 Å². The number of carbonyl (C=O) groups is 1. The summed E-state index contributed by atoms with van der Waals surface area (Å²) in [6, 6.07) is 15.7. The van der Waals surface area contributed by atoms with E-state index < -0.39 is 0 Å². The number of halogens is 1. The first-order valence-electron chi connectivity index (χ1n) is 5.78. The molecule has 1 atom stereocenters. The fourth-order valence-corrected chi connectivity index (χ4v) is 3.60. The molecule has 1 nitrogen and oxygen atoms in total. The first kappa shape index (κ1) is 11.8. The van der Waals surface area contributed by atoms with E-state index >= 15 is 0 Å². The second-order valence-corrected chi connectivity index (χ2v) is 5.97. The van der Waals surface area contributed by atoms with Gasteiger partial charge in [0.2, 0.25) is 0 Å². The maximum atomic E-state index is 12.1. The smallest absolute Gasteiger partial charge is 0.165 e. The number of Topliss-reactive ketones (excluding diaryl/α,β-unsaturated/α-hetero) is 1. The van der Waals surface area contributed by atoms with Gasteiger partial charge in [-0.25, -0.2) is 0 Å². The highest BCUT2D eigenvalue weighted by atomic mass is 35.5. The molecular weight excluding hydrogens is 264 g/mol. The molecule has 2 aromatic carbocycles. The Balaban J connectivity index is 1.97. The molecule has 0 N–H and O–H groups in total. The van der Waals surface area contributed by atoms with Crippen molar-refractivity contribution in [1.29, 1.82) is 0 Å². The Kier molecular flexibility index (Phi) is 3.14. The number of benzene rings is 2. The Hall–Kier alpha value is -1.25. The van der Waals surface area contributed by atoms with Gasteiger partial charge >= 0.3 is 0 Å². The average Bonchev–Trinajstić information content (AvgIpc) is 2.40. The maximum Gasteiger partial charge on any atom is 0.165 e. The fourth-order valence-electron chi connectivity index (χ4n) is 2.15. The molecule has 18 heavy (non-hydrogen) atoms. The Morgan fingerprint density at radius 1 is 1.11 bits per heavy atom. The number of carbonyl (C=O) groups excluding carboxylic acids is 1. The minimum atomic E-state index is 0.181. The van der Waals surface area contributed by atoms with E-state index in [0.29, 0.717) is 11.4 Å². The number of ketones is 1. The molecule has 0 bridgehead atoms. The number of fused-ring (bicyclic) bond motifs is 1. The summed E-state index contributed by atoms with van der Waals surface area (Å²) in [6.45, 7) is 0. The summed E-state index contributed by atoms with van der Waals surface area (Å²) in [5.74, 6) is 0.181. The van der Waals surface area contributed by atoms with Gasteiger partial charge < -0.3 is 0 Å². The quantitative estimate of drug-likeness (QED) is 0.746. The van der Waals surface area contributed by atoms with Gasteiger partial charge in [-0.05, 0) is 23.8 Å². The van der Waals surface area contributed by atoms with E-state index in [1.807, 2.05) is 30.3 Å². The van der Waals surface area contributed by atoms with Crippen molar-refractivity contribution in [2.45, 2.75) is 16.6 Å². The molecule has 3 heteroatoms. The predicted molar refractivity (Wildman–Crippen MR) is 75.4 cm³/mol. The van der Waals surface area contributed by atoms with Gasteiger partial charge in [0.15, 0.2) is 5.78 Å². The van der Waals surface area contributed by atoms with Crippen LogP contribution in [0.5, 0.6) is 0 Å². The molecule has 0 spiro atoms. The van der Waals surface area contributed by atoms with Crippen LogP contribution in [-0.2, 0) is 0 Å². The summed E-state index contributed by atoms with van der Waals surface area (Å²) >= 11 is 7.68. The molecule has 0 amide bonds. The van der Waals surface area contributed by atoms with Crippen molar-refractivity contribution in [3.05, 3.63) is 64.7 Å². The van der Waals surface area contributed by atoms with E-state index in [0.717, 1.165) is 10.5 Å². The first-order chi connectivity index (χ1) is 8.74. The summed E-state index contributed by atoms with van der Waals surface area (Å²) in [6.07, 6.45) is 0.544. The number of rotatable bonds is 1. The third-order valence-electron chi connectivity index (χ3n) is 3.05. The molecule has 0 fully saturated rings. The molecular formula is C15H11ClOS. The molecule has 90 valence electrons. The largest absolute Gasteiger partial charge is 0.294 e. The SMILES string of the molecule is O=C1CC(c2ccccc2)Sc2ccc(Cl)cc21. The van der Waals surface area contributed by atoms with Gasteiger partial charge in [-0.1, -0.05) is 41.9 Å². The fraction of sp³-hybridized carbons (Fsp3) is 0.133. The van der Waals surface area contributed by atoms with E-state index in [4.69, 9.17) is 11.6 Å². The number of thioether (sulfide) groups is 1. The summed E-state index contributed by atoms with van der Waals surface area (Å²) in [5.41, 5.74) is 1.97. The van der Waals surface area contributed by atoms with Crippen molar-refractivity contribution in [3.63, 3.8) is 0 Å². The average molecular weight is 275 g/mol. The van der Waals surface area contributed by atoms with Crippen LogP contribution in [0.1, 0.15) is 27.6 Å². The molecule has 1 aliphatic rings. The van der Waals surface area contributed by atoms with Crippen LogP contribution in [-0.4, -0.2) is 5.78 Å². The van der Waals surface area contributed by atoms with Crippen molar-refractivity contribution >= 4 is 29.1 Å². The second-order valence-electron chi connectivity index (χ2n) is 4.28. The lowest BCUT2D eigenvalue weighted by atomic mass is 10.0. The first-order valence-corrected chi connectivity index (χ1v) is 7.04. The van der Waals surface area contributed by atoms with Crippen molar-refractivity contribution in [1.82, 2.24) is 0 Å². The van der Waals surface area contributed by atoms with Crippen molar-refractivity contribution < 1.29 is 4.79 Å². The van der Waals surface area contributed by atoms with Crippen LogP contribution in [0.25, 0.3) is 0 Å². The van der Waals surface area contributed by atoms with Gasteiger partial charge in [0.1, 0.15) is 0 Å². The van der Waals surface area contributed by atoms with Crippen LogP contribution in [0.15, 0.2) is 53.4 Å². The molecule has 0 saturated heterocycles. The van der Waals surface area contributed by atoms with E-state index in [-0.39, 0.29) is 11.0 Å². The van der Waals surface area contributed by atoms with Gasteiger partial charge in [-0.2, -0.15) is 0 Å². The molecule has 1 unspecified atom stereocenters. The molecule has 2 aromatic rings. The standard InChI is InChI=1S/C15H11ClOS/c16-11-6-7-14-12(8-11)13(17)9-15(18-14)10-4-2-1-3-5-10/h1-8,15H,9H2. The normalized spacial score (nSPS) is 18.5. The minimum absolute atomic E-state index is 0.181. The Morgan fingerprint density at radius 3 is 2.67 bits per heavy atom. The van der Waals surface area contributed by atoms with Crippen LogP contribution in [0.3, 0.4) is 0 Å². The van der Waals surface area contributed by atoms with Gasteiger partial charge in [0.25, 0.3) is 0 Å². The van der Waals surface area contributed by atoms with Gasteiger partial charge in [0, 0.05) is 27.2 Å². The Labute approximate surface area is 115 Å². The summed E-state index contributed by atoms with van der Waals surface area (Å²) < 4.78 is 0. The van der Waals surface area contributed by atoms with Crippen LogP contribution in [0.2, 0.25) is 5.02 Å². The molecule has 3 rings (SSSR count). The Bertz CT molecular complexity index is 595. The summed E-state index contributed by atoms with van der Waals surface area (Å²) in [4.78, 5) is 13.2.